The molecule has 0 saturated carbocycles. The second-order valence-electron chi connectivity index (χ2n) is 16.4. The van der Waals surface area contributed by atoms with Gasteiger partial charge in [0.05, 0.1) is 33.5 Å². The number of aliphatic hydroxyl groups is 1. The van der Waals surface area contributed by atoms with E-state index in [1.807, 2.05) is 121 Å². The van der Waals surface area contributed by atoms with E-state index in [2.05, 4.69) is 0 Å². The van der Waals surface area contributed by atoms with Gasteiger partial charge in [-0.2, -0.15) is 0 Å². The summed E-state index contributed by atoms with van der Waals surface area (Å²) in [5, 5.41) is 12.3. The lowest BCUT2D eigenvalue weighted by Gasteiger charge is -2.52. The van der Waals surface area contributed by atoms with Crippen LogP contribution in [0.1, 0.15) is 79.8 Å². The zero-order chi connectivity index (χ0) is 43.2. The maximum atomic E-state index is 12.3. The van der Waals surface area contributed by atoms with Gasteiger partial charge < -0.3 is 57.2 Å². The topological polar surface area (TPSA) is 139 Å². The number of rotatable bonds is 20. The summed E-state index contributed by atoms with van der Waals surface area (Å²) in [5.74, 6) is -0.177. The van der Waals surface area contributed by atoms with E-state index in [9.17, 15) is 9.90 Å². The first-order valence-electron chi connectivity index (χ1n) is 22.3. The summed E-state index contributed by atoms with van der Waals surface area (Å²) in [6, 6.07) is 39.1. The molecule has 0 amide bonds. The monoisotopic (exact) mass is 868 g/mol. The van der Waals surface area contributed by atoms with Gasteiger partial charge in [0.2, 0.25) is 0 Å². The molecular weight excluding hydrogens is 809 g/mol. The molecule has 13 nitrogen and oxygen atoms in total. The van der Waals surface area contributed by atoms with Crippen LogP contribution in [0.2, 0.25) is 0 Å². The highest BCUT2D eigenvalue weighted by Crippen LogP contribution is 2.41. The maximum Gasteiger partial charge on any atom is 0.305 e. The SMILES string of the molecule is COC(=O)CCCCCCCCO[C@@H]1OC2COC(c3ccccc3)O[C@H]2[C@@H](OCc2ccccc2)C1O[C@@H]1OC2COC(c3ccccc3)O[C@H]2[C@@H](OCc2ccccc2)C1O. The van der Waals surface area contributed by atoms with Crippen molar-refractivity contribution in [1.29, 1.82) is 0 Å². The molecule has 0 radical (unpaired) electrons. The third-order valence-corrected chi connectivity index (χ3v) is 11.9. The van der Waals surface area contributed by atoms with Gasteiger partial charge >= 0.3 is 5.97 Å². The molecule has 12 atom stereocenters. The smallest absolute Gasteiger partial charge is 0.305 e. The van der Waals surface area contributed by atoms with Gasteiger partial charge in [0, 0.05) is 24.2 Å². The molecule has 0 bridgehead atoms. The van der Waals surface area contributed by atoms with Crippen molar-refractivity contribution < 1.29 is 62.0 Å². The fraction of sp³-hybridized carbons (Fsp3) is 0.500. The number of fused-ring (bicyclic) bond motifs is 2. The molecule has 0 aliphatic carbocycles. The van der Waals surface area contributed by atoms with Gasteiger partial charge in [-0.15, -0.1) is 0 Å². The number of esters is 1. The predicted molar refractivity (Wildman–Crippen MR) is 229 cm³/mol. The third kappa shape index (κ3) is 12.2. The number of unbranched alkanes of at least 4 members (excludes halogenated alkanes) is 5. The second-order valence-corrected chi connectivity index (χ2v) is 16.4. The van der Waals surface area contributed by atoms with Crippen LogP contribution in [-0.2, 0) is 70.1 Å². The minimum atomic E-state index is -1.30. The predicted octanol–water partition coefficient (Wildman–Crippen LogP) is 7.50. The number of hydrogen-bond donors (Lipinski definition) is 1. The van der Waals surface area contributed by atoms with Crippen LogP contribution in [0.5, 0.6) is 0 Å². The van der Waals surface area contributed by atoms with Crippen LogP contribution in [0.15, 0.2) is 121 Å². The van der Waals surface area contributed by atoms with Crippen molar-refractivity contribution in [2.24, 2.45) is 0 Å². The van der Waals surface area contributed by atoms with Crippen molar-refractivity contribution in [3.05, 3.63) is 144 Å². The number of carbonyl (C=O) groups is 1. The Balaban J connectivity index is 1.03. The fourth-order valence-corrected chi connectivity index (χ4v) is 8.51. The Morgan fingerprint density at radius 3 is 1.59 bits per heavy atom. The van der Waals surface area contributed by atoms with E-state index in [0.29, 0.717) is 13.0 Å². The van der Waals surface area contributed by atoms with Crippen LogP contribution in [0, 0.1) is 0 Å². The highest BCUT2D eigenvalue weighted by molar-refractivity contribution is 5.68. The molecule has 338 valence electrons. The van der Waals surface area contributed by atoms with E-state index in [4.69, 9.17) is 52.1 Å². The van der Waals surface area contributed by atoms with Crippen LogP contribution in [0.25, 0.3) is 0 Å². The number of aliphatic hydroxyl groups excluding tert-OH is 1. The van der Waals surface area contributed by atoms with Crippen LogP contribution in [0.3, 0.4) is 0 Å². The average Bonchev–Trinajstić information content (AvgIpc) is 3.34. The van der Waals surface area contributed by atoms with Crippen LogP contribution < -0.4 is 0 Å². The van der Waals surface area contributed by atoms with E-state index in [0.717, 1.165) is 60.8 Å². The molecule has 13 heteroatoms. The lowest BCUT2D eigenvalue weighted by atomic mass is 9.95. The molecule has 4 saturated heterocycles. The van der Waals surface area contributed by atoms with Gasteiger partial charge in [0.15, 0.2) is 25.2 Å². The molecule has 4 aromatic carbocycles. The van der Waals surface area contributed by atoms with E-state index >= 15 is 0 Å². The average molecular weight is 869 g/mol. The summed E-state index contributed by atoms with van der Waals surface area (Å²) in [7, 11) is 1.42. The normalized spacial score (nSPS) is 30.5. The van der Waals surface area contributed by atoms with Crippen LogP contribution in [-0.4, -0.2) is 99.4 Å². The molecular formula is C50H60O13. The Hall–Kier alpha value is -4.09. The van der Waals surface area contributed by atoms with Crippen molar-refractivity contribution in [2.45, 2.75) is 132 Å². The van der Waals surface area contributed by atoms with E-state index in [-0.39, 0.29) is 32.4 Å². The summed E-state index contributed by atoms with van der Waals surface area (Å²) in [6.45, 7) is 1.26. The number of carbonyl (C=O) groups excluding carboxylic acids is 1. The van der Waals surface area contributed by atoms with Crippen molar-refractivity contribution in [1.82, 2.24) is 0 Å². The molecule has 8 rings (SSSR count). The minimum Gasteiger partial charge on any atom is -0.469 e. The highest BCUT2D eigenvalue weighted by atomic mass is 16.8. The maximum absolute atomic E-state index is 12.3. The Kier molecular flexibility index (Phi) is 16.7. The van der Waals surface area contributed by atoms with Gasteiger partial charge in [0.25, 0.3) is 0 Å². The quantitative estimate of drug-likeness (QED) is 0.0694. The van der Waals surface area contributed by atoms with Gasteiger partial charge in [0.1, 0.15) is 48.8 Å². The number of benzene rings is 4. The van der Waals surface area contributed by atoms with Gasteiger partial charge in [-0.25, -0.2) is 0 Å². The Morgan fingerprint density at radius 1 is 0.556 bits per heavy atom. The first-order chi connectivity index (χ1) is 31.0. The Labute approximate surface area is 369 Å². The number of methoxy groups -OCH3 is 1. The van der Waals surface area contributed by atoms with Gasteiger partial charge in [-0.1, -0.05) is 147 Å². The van der Waals surface area contributed by atoms with E-state index in [1.165, 1.54) is 7.11 Å². The standard InChI is InChI=1S/C50H60O13/c1-53-40(51)28-18-4-2-3-5-19-29-54-50-46(45(56-31-35-22-12-7-13-23-35)43-39(60-50)33-58-48(62-43)37-26-16-9-17-27-37)63-49-41(52)44(55-30-34-20-10-6-11-21-34)42-38(59-49)32-57-47(61-42)36-24-14-8-15-25-36/h6-17,20-27,38-39,41-50,52H,2-5,18-19,28-33H2,1H3/t38?,39?,41?,42-,43-,44+,45-,46?,47?,48?,49+,50-/m1/s1. The second kappa shape index (κ2) is 23.2. The molecule has 4 aliphatic rings. The summed E-state index contributed by atoms with van der Waals surface area (Å²) >= 11 is 0. The largest absolute Gasteiger partial charge is 0.469 e. The molecule has 4 fully saturated rings. The zero-order valence-electron chi connectivity index (χ0n) is 35.8. The van der Waals surface area contributed by atoms with Crippen molar-refractivity contribution in [2.75, 3.05) is 26.9 Å². The molecule has 6 unspecified atom stereocenters. The van der Waals surface area contributed by atoms with E-state index < -0.39 is 74.0 Å². The van der Waals surface area contributed by atoms with Crippen molar-refractivity contribution in [3.63, 3.8) is 0 Å². The third-order valence-electron chi connectivity index (χ3n) is 11.9. The molecule has 1 N–H and O–H groups in total. The molecule has 0 aromatic heterocycles. The molecule has 0 spiro atoms. The molecule has 4 aromatic rings. The Bertz CT molecular complexity index is 1920. The molecule has 4 heterocycles. The highest BCUT2D eigenvalue weighted by Gasteiger charge is 2.56. The summed E-state index contributed by atoms with van der Waals surface area (Å²) in [6.07, 6.45) is -3.98. The van der Waals surface area contributed by atoms with Crippen LogP contribution >= 0.6 is 0 Å². The van der Waals surface area contributed by atoms with E-state index in [1.54, 1.807) is 0 Å². The zero-order valence-corrected chi connectivity index (χ0v) is 35.8. The Morgan fingerprint density at radius 2 is 1.03 bits per heavy atom. The lowest BCUT2D eigenvalue weighted by molar-refractivity contribution is -0.410. The fourth-order valence-electron chi connectivity index (χ4n) is 8.51. The lowest BCUT2D eigenvalue weighted by Crippen LogP contribution is -2.67. The summed E-state index contributed by atoms with van der Waals surface area (Å²) < 4.78 is 70.7. The van der Waals surface area contributed by atoms with Crippen molar-refractivity contribution >= 4 is 5.97 Å². The van der Waals surface area contributed by atoms with Crippen LogP contribution in [0.4, 0.5) is 0 Å². The van der Waals surface area contributed by atoms with Gasteiger partial charge in [-0.3, -0.25) is 4.79 Å². The molecule has 63 heavy (non-hydrogen) atoms. The summed E-state index contributed by atoms with van der Waals surface area (Å²) in [4.78, 5) is 11.5. The minimum absolute atomic E-state index is 0.170. The number of ether oxygens (including phenoxy) is 11. The van der Waals surface area contributed by atoms with Gasteiger partial charge in [-0.05, 0) is 24.0 Å². The molecule has 4 aliphatic heterocycles. The number of hydrogen-bond acceptors (Lipinski definition) is 13. The first kappa shape index (κ1) is 45.5. The summed E-state index contributed by atoms with van der Waals surface area (Å²) in [5.41, 5.74) is 3.62. The first-order valence-corrected chi connectivity index (χ1v) is 22.3. The van der Waals surface area contributed by atoms with Crippen molar-refractivity contribution in [3.8, 4) is 0 Å².